The standard InChI is InChI=1S/C8H9O8P/c9-5(10)1-2-7(13)16-4(3-6(11)12)8(14)17-15/h4H,1-3H2,(H,9,10)(H,11,12)/t4-/m1/s1. The fraction of sp³-hybridized carbons (Fsp3) is 0.500. The highest BCUT2D eigenvalue weighted by molar-refractivity contribution is 7.46. The van der Waals surface area contributed by atoms with E-state index in [0.29, 0.717) is 0 Å². The van der Waals surface area contributed by atoms with Gasteiger partial charge in [-0.3, -0.25) is 23.7 Å². The van der Waals surface area contributed by atoms with Crippen molar-refractivity contribution in [1.29, 1.82) is 0 Å². The average molecular weight is 264 g/mol. The van der Waals surface area contributed by atoms with Crippen LogP contribution in [0.5, 0.6) is 0 Å². The molecule has 0 aromatic heterocycles. The topological polar surface area (TPSA) is 135 Å². The summed E-state index contributed by atoms with van der Waals surface area (Å²) in [6.45, 7) is 0. The van der Waals surface area contributed by atoms with E-state index in [4.69, 9.17) is 10.2 Å². The van der Waals surface area contributed by atoms with Gasteiger partial charge in [0.25, 0.3) is 5.52 Å². The van der Waals surface area contributed by atoms with E-state index >= 15 is 0 Å². The van der Waals surface area contributed by atoms with Gasteiger partial charge in [0.05, 0.1) is 19.3 Å². The molecule has 0 amide bonds. The van der Waals surface area contributed by atoms with Gasteiger partial charge in [0.15, 0.2) is 6.10 Å². The molecule has 94 valence electrons. The number of hydrogen-bond acceptors (Lipinski definition) is 6. The maximum absolute atomic E-state index is 11.0. The Morgan fingerprint density at radius 1 is 1.06 bits per heavy atom. The molecule has 9 heteroatoms. The molecular formula is C8H9O8P. The Balaban J connectivity index is 4.37. The van der Waals surface area contributed by atoms with Crippen molar-refractivity contribution in [3.8, 4) is 0 Å². The van der Waals surface area contributed by atoms with Crippen molar-refractivity contribution < 1.29 is 38.7 Å². The number of carboxylic acid groups (broad SMARTS) is 2. The third-order valence-electron chi connectivity index (χ3n) is 1.54. The van der Waals surface area contributed by atoms with Gasteiger partial charge in [-0.2, -0.15) is 0 Å². The lowest BCUT2D eigenvalue weighted by atomic mass is 10.2. The van der Waals surface area contributed by atoms with Crippen molar-refractivity contribution in [2.45, 2.75) is 25.4 Å². The van der Waals surface area contributed by atoms with Gasteiger partial charge >= 0.3 is 17.9 Å². The number of hydrogen-bond donors (Lipinski definition) is 2. The van der Waals surface area contributed by atoms with Gasteiger partial charge in [0.1, 0.15) is 0 Å². The van der Waals surface area contributed by atoms with E-state index in [2.05, 4.69) is 4.74 Å². The van der Waals surface area contributed by atoms with E-state index in [1.807, 2.05) is 0 Å². The third-order valence-corrected chi connectivity index (χ3v) is 2.01. The van der Waals surface area contributed by atoms with Crippen LogP contribution in [-0.4, -0.2) is 39.7 Å². The minimum atomic E-state index is -1.66. The molecule has 1 atom stereocenters. The highest BCUT2D eigenvalue weighted by Gasteiger charge is 2.26. The quantitative estimate of drug-likeness (QED) is 0.463. The zero-order valence-electron chi connectivity index (χ0n) is 8.49. The van der Waals surface area contributed by atoms with Crippen LogP contribution in [0.4, 0.5) is 0 Å². The minimum absolute atomic E-state index is 0.492. The molecule has 0 unspecified atom stereocenters. The summed E-state index contributed by atoms with van der Waals surface area (Å²) in [5.74, 6) is -3.67. The summed E-state index contributed by atoms with van der Waals surface area (Å²) in [5.41, 5.74) is -1.09. The van der Waals surface area contributed by atoms with E-state index in [0.717, 1.165) is 0 Å². The van der Waals surface area contributed by atoms with Gasteiger partial charge < -0.3 is 14.9 Å². The fourth-order valence-electron chi connectivity index (χ4n) is 0.823. The van der Waals surface area contributed by atoms with Crippen molar-refractivity contribution in [3.05, 3.63) is 0 Å². The number of ether oxygens (including phenoxy) is 1. The normalized spacial score (nSPS) is 11.8. The summed E-state index contributed by atoms with van der Waals surface area (Å²) < 4.78 is 14.7. The summed E-state index contributed by atoms with van der Waals surface area (Å²) in [7, 11) is -0.971. The Hall–Kier alpha value is -1.82. The fourth-order valence-corrected chi connectivity index (χ4v) is 1.08. The lowest BCUT2D eigenvalue weighted by Gasteiger charge is -2.11. The molecule has 0 saturated carbocycles. The predicted octanol–water partition coefficient (Wildman–Crippen LogP) is 0.0560. The Morgan fingerprint density at radius 3 is 2.06 bits per heavy atom. The van der Waals surface area contributed by atoms with Crippen molar-refractivity contribution in [2.24, 2.45) is 0 Å². The molecule has 0 bridgehead atoms. The molecular weight excluding hydrogens is 255 g/mol. The van der Waals surface area contributed by atoms with Crippen LogP contribution in [0.15, 0.2) is 0 Å². The molecule has 0 aliphatic rings. The number of carbonyl (C=O) groups is 4. The highest BCUT2D eigenvalue weighted by Crippen LogP contribution is 2.10. The van der Waals surface area contributed by atoms with Gasteiger partial charge in [-0.25, -0.2) is 0 Å². The average Bonchev–Trinajstić information content (AvgIpc) is 2.23. The van der Waals surface area contributed by atoms with E-state index in [9.17, 15) is 23.7 Å². The first kappa shape index (κ1) is 15.2. The monoisotopic (exact) mass is 264 g/mol. The molecule has 0 spiro atoms. The molecule has 0 aliphatic carbocycles. The Bertz CT molecular complexity index is 349. The van der Waals surface area contributed by atoms with Crippen LogP contribution in [0.3, 0.4) is 0 Å². The minimum Gasteiger partial charge on any atom is -0.481 e. The Morgan fingerprint density at radius 2 is 1.65 bits per heavy atom. The Kier molecular flexibility index (Phi) is 6.65. The summed E-state index contributed by atoms with van der Waals surface area (Å²) >= 11 is 0. The number of aliphatic carboxylic acids is 2. The van der Waals surface area contributed by atoms with Crippen LogP contribution in [0.2, 0.25) is 0 Å². The lowest BCUT2D eigenvalue weighted by molar-refractivity contribution is -0.158. The van der Waals surface area contributed by atoms with Crippen LogP contribution in [0.25, 0.3) is 0 Å². The Labute approximate surface area is 96.8 Å². The van der Waals surface area contributed by atoms with Crippen molar-refractivity contribution in [3.63, 3.8) is 0 Å². The highest BCUT2D eigenvalue weighted by atomic mass is 31.1. The van der Waals surface area contributed by atoms with Crippen LogP contribution >= 0.6 is 8.46 Å². The summed E-state index contributed by atoms with van der Waals surface area (Å²) in [4.78, 5) is 42.4. The summed E-state index contributed by atoms with van der Waals surface area (Å²) in [6, 6.07) is 0. The van der Waals surface area contributed by atoms with Gasteiger partial charge in [-0.1, -0.05) is 0 Å². The molecule has 0 saturated heterocycles. The molecule has 0 rings (SSSR count). The van der Waals surface area contributed by atoms with E-state index in [-0.39, 0.29) is 0 Å². The van der Waals surface area contributed by atoms with Crippen LogP contribution in [0.1, 0.15) is 19.3 Å². The first-order chi connectivity index (χ1) is 7.86. The van der Waals surface area contributed by atoms with Gasteiger partial charge in [-0.15, -0.1) is 0 Å². The van der Waals surface area contributed by atoms with E-state index in [1.165, 1.54) is 0 Å². The van der Waals surface area contributed by atoms with E-state index < -0.39 is 57.3 Å². The molecule has 0 aromatic carbocycles. The van der Waals surface area contributed by atoms with Gasteiger partial charge in [0, 0.05) is 0 Å². The molecule has 8 nitrogen and oxygen atoms in total. The molecule has 0 fully saturated rings. The van der Waals surface area contributed by atoms with Crippen molar-refractivity contribution in [1.82, 2.24) is 0 Å². The number of carboxylic acids is 2. The summed E-state index contributed by atoms with van der Waals surface area (Å²) in [6.07, 6.45) is -3.46. The van der Waals surface area contributed by atoms with Crippen LogP contribution in [0, 0.1) is 0 Å². The predicted molar refractivity (Wildman–Crippen MR) is 51.6 cm³/mol. The number of esters is 1. The zero-order chi connectivity index (χ0) is 13.4. The molecule has 0 aliphatic heterocycles. The summed E-state index contributed by atoms with van der Waals surface area (Å²) in [5, 5.41) is 16.7. The molecule has 2 N–H and O–H groups in total. The van der Waals surface area contributed by atoms with Crippen LogP contribution in [-0.2, 0) is 28.5 Å². The maximum atomic E-state index is 11.0. The maximum Gasteiger partial charge on any atom is 0.307 e. The number of rotatable bonds is 8. The van der Waals surface area contributed by atoms with Gasteiger partial charge in [0.2, 0.25) is 8.46 Å². The van der Waals surface area contributed by atoms with Crippen LogP contribution < -0.4 is 0 Å². The second kappa shape index (κ2) is 7.45. The lowest BCUT2D eigenvalue weighted by Crippen LogP contribution is -2.27. The number of carbonyl (C=O) groups excluding carboxylic acids is 2. The molecule has 17 heavy (non-hydrogen) atoms. The molecule has 0 radical (unpaired) electrons. The third kappa shape index (κ3) is 7.13. The smallest absolute Gasteiger partial charge is 0.307 e. The second-order valence-corrected chi connectivity index (χ2v) is 3.52. The zero-order valence-corrected chi connectivity index (χ0v) is 9.38. The van der Waals surface area contributed by atoms with Crippen molar-refractivity contribution >= 4 is 31.9 Å². The first-order valence-corrected chi connectivity index (χ1v) is 5.18. The van der Waals surface area contributed by atoms with E-state index in [1.54, 1.807) is 0 Å². The molecule has 0 heterocycles. The SMILES string of the molecule is O=PC(=O)[C@@H](CC(=O)O)OC(=O)CCC(=O)O. The van der Waals surface area contributed by atoms with Crippen molar-refractivity contribution in [2.75, 3.05) is 0 Å². The molecule has 0 aromatic rings. The second-order valence-electron chi connectivity index (χ2n) is 2.90. The largest absolute Gasteiger partial charge is 0.481 e. The van der Waals surface area contributed by atoms with Gasteiger partial charge in [-0.05, 0) is 0 Å². The first-order valence-electron chi connectivity index (χ1n) is 4.37.